The van der Waals surface area contributed by atoms with E-state index >= 15 is 0 Å². The first kappa shape index (κ1) is 14.2. The molecule has 1 aliphatic heterocycles. The molecule has 0 spiro atoms. The molecule has 0 aromatic carbocycles. The fourth-order valence-corrected chi connectivity index (χ4v) is 1.99. The van der Waals surface area contributed by atoms with Crippen LogP contribution in [0.2, 0.25) is 0 Å². The van der Waals surface area contributed by atoms with E-state index in [9.17, 15) is 4.79 Å². The van der Waals surface area contributed by atoms with Crippen molar-refractivity contribution in [2.45, 2.75) is 32.5 Å². The molecule has 0 fully saturated rings. The number of methoxy groups -OCH3 is 1. The quantitative estimate of drug-likeness (QED) is 0.417. The summed E-state index contributed by atoms with van der Waals surface area (Å²) in [5, 5.41) is 9.09. The number of carboxylic acid groups (broad SMARTS) is 1. The van der Waals surface area contributed by atoms with Gasteiger partial charge in [0.2, 0.25) is 0 Å². The first-order valence-electron chi connectivity index (χ1n) is 5.73. The van der Waals surface area contributed by atoms with E-state index in [1.807, 2.05) is 19.9 Å². The van der Waals surface area contributed by atoms with Crippen molar-refractivity contribution >= 4 is 5.97 Å². The van der Waals surface area contributed by atoms with Crippen LogP contribution in [0.3, 0.4) is 0 Å². The number of ether oxygens (including phenoxy) is 3. The Kier molecular flexibility index (Phi) is 5.61. The van der Waals surface area contributed by atoms with Crippen molar-refractivity contribution in [2.75, 3.05) is 20.5 Å². The highest BCUT2D eigenvalue weighted by Gasteiger charge is 2.34. The molecule has 0 amide bonds. The molecule has 3 atom stereocenters. The average Bonchev–Trinajstić information content (AvgIpc) is 2.61. The summed E-state index contributed by atoms with van der Waals surface area (Å²) in [6, 6.07) is 0. The summed E-state index contributed by atoms with van der Waals surface area (Å²) < 4.78 is 15.6. The van der Waals surface area contributed by atoms with Crippen LogP contribution in [0.25, 0.3) is 0 Å². The lowest BCUT2D eigenvalue weighted by atomic mass is 9.95. The Morgan fingerprint density at radius 3 is 2.88 bits per heavy atom. The summed E-state index contributed by atoms with van der Waals surface area (Å²) in [7, 11) is 1.55. The second-order valence-electron chi connectivity index (χ2n) is 4.14. The Balaban J connectivity index is 2.51. The van der Waals surface area contributed by atoms with Gasteiger partial charge in [0.25, 0.3) is 0 Å². The third kappa shape index (κ3) is 3.80. The summed E-state index contributed by atoms with van der Waals surface area (Å²) in [5.74, 6) is -1.30. The molecule has 1 heterocycles. The fraction of sp³-hybridized carbons (Fsp3) is 0.750. The smallest absolute Gasteiger partial charge is 0.309 e. The molecule has 0 aliphatic carbocycles. The molecule has 0 saturated carbocycles. The summed E-state index contributed by atoms with van der Waals surface area (Å²) in [6.07, 6.45) is 1.96. The van der Waals surface area contributed by atoms with Gasteiger partial charge in [0.05, 0.1) is 18.6 Å². The van der Waals surface area contributed by atoms with Gasteiger partial charge in [-0.3, -0.25) is 4.79 Å². The Hall–Kier alpha value is -0.910. The highest BCUT2D eigenvalue weighted by atomic mass is 16.7. The van der Waals surface area contributed by atoms with E-state index < -0.39 is 11.9 Å². The van der Waals surface area contributed by atoms with Gasteiger partial charge in [-0.15, -0.1) is 0 Å². The molecular weight excluding hydrogens is 224 g/mol. The summed E-state index contributed by atoms with van der Waals surface area (Å²) in [5.41, 5.74) is 0.963. The molecule has 0 radical (unpaired) electrons. The molecule has 0 saturated heterocycles. The zero-order valence-corrected chi connectivity index (χ0v) is 10.5. The van der Waals surface area contributed by atoms with Crippen LogP contribution in [0.5, 0.6) is 0 Å². The molecule has 17 heavy (non-hydrogen) atoms. The molecular formula is C12H20O5. The lowest BCUT2D eigenvalue weighted by Gasteiger charge is -2.21. The maximum Gasteiger partial charge on any atom is 0.309 e. The Bertz CT molecular complexity index is 287. The monoisotopic (exact) mass is 244 g/mol. The predicted molar refractivity (Wildman–Crippen MR) is 61.7 cm³/mol. The zero-order chi connectivity index (χ0) is 12.8. The summed E-state index contributed by atoms with van der Waals surface area (Å²) in [6.45, 7) is 4.35. The second kappa shape index (κ2) is 6.74. The highest BCUT2D eigenvalue weighted by molar-refractivity contribution is 5.71. The molecule has 0 bridgehead atoms. The maximum absolute atomic E-state index is 11.1. The van der Waals surface area contributed by atoms with Gasteiger partial charge < -0.3 is 19.3 Å². The van der Waals surface area contributed by atoms with Crippen molar-refractivity contribution in [1.82, 2.24) is 0 Å². The third-order valence-electron chi connectivity index (χ3n) is 2.82. The topological polar surface area (TPSA) is 65.0 Å². The van der Waals surface area contributed by atoms with E-state index in [1.54, 1.807) is 7.11 Å². The number of aliphatic carboxylic acids is 1. The SMILES string of the molecule is CC[C@H](C(=O)O)[C@H]1O[C@H](COCOC)C=C1C. The first-order valence-corrected chi connectivity index (χ1v) is 5.73. The van der Waals surface area contributed by atoms with Crippen molar-refractivity contribution in [3.63, 3.8) is 0 Å². The van der Waals surface area contributed by atoms with Gasteiger partial charge in [-0.2, -0.15) is 0 Å². The van der Waals surface area contributed by atoms with Gasteiger partial charge in [0, 0.05) is 7.11 Å². The van der Waals surface area contributed by atoms with Crippen LogP contribution in [-0.2, 0) is 19.0 Å². The highest BCUT2D eigenvalue weighted by Crippen LogP contribution is 2.27. The van der Waals surface area contributed by atoms with E-state index in [1.165, 1.54) is 0 Å². The summed E-state index contributed by atoms with van der Waals surface area (Å²) >= 11 is 0. The van der Waals surface area contributed by atoms with Crippen LogP contribution in [0.4, 0.5) is 0 Å². The lowest BCUT2D eigenvalue weighted by molar-refractivity contribution is -0.148. The molecule has 1 rings (SSSR count). The van der Waals surface area contributed by atoms with Crippen LogP contribution < -0.4 is 0 Å². The van der Waals surface area contributed by atoms with Gasteiger partial charge in [-0.05, 0) is 18.9 Å². The molecule has 1 aliphatic rings. The normalized spacial score (nSPS) is 25.7. The Morgan fingerprint density at radius 2 is 2.35 bits per heavy atom. The molecule has 1 N–H and O–H groups in total. The van der Waals surface area contributed by atoms with E-state index in [-0.39, 0.29) is 19.0 Å². The fourth-order valence-electron chi connectivity index (χ4n) is 1.99. The van der Waals surface area contributed by atoms with Gasteiger partial charge in [-0.25, -0.2) is 0 Å². The minimum Gasteiger partial charge on any atom is -0.481 e. The molecule has 98 valence electrons. The van der Waals surface area contributed by atoms with Crippen LogP contribution >= 0.6 is 0 Å². The van der Waals surface area contributed by atoms with Gasteiger partial charge in [0.15, 0.2) is 0 Å². The van der Waals surface area contributed by atoms with E-state index in [0.717, 1.165) is 5.57 Å². The van der Waals surface area contributed by atoms with E-state index in [4.69, 9.17) is 19.3 Å². The molecule has 5 heteroatoms. The van der Waals surface area contributed by atoms with Crippen molar-refractivity contribution < 1.29 is 24.1 Å². The molecule has 0 aromatic heterocycles. The van der Waals surface area contributed by atoms with Crippen molar-refractivity contribution in [3.8, 4) is 0 Å². The van der Waals surface area contributed by atoms with Crippen molar-refractivity contribution in [2.24, 2.45) is 5.92 Å². The van der Waals surface area contributed by atoms with Crippen LogP contribution in [0.15, 0.2) is 11.6 Å². The van der Waals surface area contributed by atoms with Crippen LogP contribution in [0.1, 0.15) is 20.3 Å². The number of hydrogen-bond donors (Lipinski definition) is 1. The molecule has 5 nitrogen and oxygen atoms in total. The summed E-state index contributed by atoms with van der Waals surface area (Å²) in [4.78, 5) is 11.1. The van der Waals surface area contributed by atoms with E-state index in [0.29, 0.717) is 13.0 Å². The average molecular weight is 244 g/mol. The second-order valence-corrected chi connectivity index (χ2v) is 4.14. The van der Waals surface area contributed by atoms with Crippen molar-refractivity contribution in [3.05, 3.63) is 11.6 Å². The largest absolute Gasteiger partial charge is 0.481 e. The first-order chi connectivity index (χ1) is 8.10. The number of rotatable bonds is 7. The van der Waals surface area contributed by atoms with Crippen LogP contribution in [-0.4, -0.2) is 43.8 Å². The van der Waals surface area contributed by atoms with Crippen molar-refractivity contribution in [1.29, 1.82) is 0 Å². The zero-order valence-electron chi connectivity index (χ0n) is 10.5. The predicted octanol–water partition coefficient (Wildman–Crippen LogP) is 1.43. The number of hydrogen-bond acceptors (Lipinski definition) is 4. The Labute approximate surface area is 101 Å². The number of carbonyl (C=O) groups is 1. The minimum atomic E-state index is -0.816. The standard InChI is InChI=1S/C12H20O5/c1-4-10(12(13)14)11-8(2)5-9(17-11)6-16-7-15-3/h5,9-11H,4,6-7H2,1-3H3,(H,13,14)/t9-,10-,11-/m0/s1. The lowest BCUT2D eigenvalue weighted by Crippen LogP contribution is -2.31. The van der Waals surface area contributed by atoms with Gasteiger partial charge in [0.1, 0.15) is 12.9 Å². The number of carboxylic acids is 1. The van der Waals surface area contributed by atoms with Gasteiger partial charge >= 0.3 is 5.97 Å². The van der Waals surface area contributed by atoms with E-state index in [2.05, 4.69) is 0 Å². The maximum atomic E-state index is 11.1. The molecule has 0 unspecified atom stereocenters. The molecule has 0 aromatic rings. The third-order valence-corrected chi connectivity index (χ3v) is 2.82. The minimum absolute atomic E-state index is 0.177. The van der Waals surface area contributed by atoms with Gasteiger partial charge in [-0.1, -0.05) is 13.0 Å². The Morgan fingerprint density at radius 1 is 1.65 bits per heavy atom. The van der Waals surface area contributed by atoms with Crippen LogP contribution in [0, 0.1) is 5.92 Å².